The van der Waals surface area contributed by atoms with Gasteiger partial charge in [-0.05, 0) is 30.7 Å². The van der Waals surface area contributed by atoms with Crippen molar-refractivity contribution in [3.05, 3.63) is 68.2 Å². The molecule has 3 rings (SSSR count). The van der Waals surface area contributed by atoms with Gasteiger partial charge in [-0.15, -0.1) is 0 Å². The average molecular weight is 317 g/mol. The van der Waals surface area contributed by atoms with Crippen LogP contribution in [0.25, 0.3) is 0 Å². The lowest BCUT2D eigenvalue weighted by molar-refractivity contribution is -0.384. The van der Waals surface area contributed by atoms with Crippen LogP contribution in [0.1, 0.15) is 26.3 Å². The van der Waals surface area contributed by atoms with Gasteiger partial charge in [-0.25, -0.2) is 4.90 Å². The number of nitro benzene ring substituents is 1. The van der Waals surface area contributed by atoms with Crippen molar-refractivity contribution in [3.8, 4) is 0 Å². The molecule has 0 aromatic heterocycles. The van der Waals surface area contributed by atoms with Crippen molar-refractivity contribution in [2.75, 3.05) is 4.90 Å². The third kappa shape index (κ3) is 2.05. The maximum absolute atomic E-state index is 12.4. The fourth-order valence-electron chi connectivity index (χ4n) is 2.35. The van der Waals surface area contributed by atoms with Crippen LogP contribution in [-0.2, 0) is 0 Å². The maximum atomic E-state index is 12.4. The SMILES string of the molecule is Cc1ccc(N2C(=O)c3ccc([N+](=O)[O-])cc3C2=O)c(Cl)c1. The monoisotopic (exact) mass is 316 g/mol. The molecule has 7 heteroatoms. The fraction of sp³-hybridized carbons (Fsp3) is 0.0667. The van der Waals surface area contributed by atoms with Crippen molar-refractivity contribution in [2.45, 2.75) is 6.92 Å². The van der Waals surface area contributed by atoms with Crippen LogP contribution in [0, 0.1) is 17.0 Å². The van der Waals surface area contributed by atoms with Gasteiger partial charge in [0.25, 0.3) is 17.5 Å². The lowest BCUT2D eigenvalue weighted by Gasteiger charge is -2.15. The molecule has 22 heavy (non-hydrogen) atoms. The molecule has 6 nitrogen and oxygen atoms in total. The van der Waals surface area contributed by atoms with E-state index in [2.05, 4.69) is 0 Å². The van der Waals surface area contributed by atoms with Gasteiger partial charge in [-0.1, -0.05) is 17.7 Å². The molecule has 0 radical (unpaired) electrons. The number of hydrogen-bond acceptors (Lipinski definition) is 4. The molecular formula is C15H9ClN2O4. The van der Waals surface area contributed by atoms with Gasteiger partial charge in [-0.3, -0.25) is 19.7 Å². The number of anilines is 1. The first-order valence-electron chi connectivity index (χ1n) is 6.33. The van der Waals surface area contributed by atoms with E-state index in [4.69, 9.17) is 11.6 Å². The van der Waals surface area contributed by atoms with E-state index >= 15 is 0 Å². The Bertz CT molecular complexity index is 847. The summed E-state index contributed by atoms with van der Waals surface area (Å²) in [4.78, 5) is 36.0. The summed E-state index contributed by atoms with van der Waals surface area (Å²) >= 11 is 6.11. The highest BCUT2D eigenvalue weighted by Crippen LogP contribution is 2.34. The summed E-state index contributed by atoms with van der Waals surface area (Å²) in [6.45, 7) is 1.83. The Kier molecular flexibility index (Phi) is 3.18. The number of hydrogen-bond donors (Lipinski definition) is 0. The Hall–Kier alpha value is -2.73. The van der Waals surface area contributed by atoms with Gasteiger partial charge in [0.1, 0.15) is 0 Å². The predicted octanol–water partition coefficient (Wildman–Crippen LogP) is 3.36. The summed E-state index contributed by atoms with van der Waals surface area (Å²) in [5, 5.41) is 11.1. The highest BCUT2D eigenvalue weighted by atomic mass is 35.5. The van der Waals surface area contributed by atoms with Crippen molar-refractivity contribution >= 4 is 34.8 Å². The Morgan fingerprint density at radius 3 is 2.36 bits per heavy atom. The molecule has 110 valence electrons. The minimum atomic E-state index is -0.616. The van der Waals surface area contributed by atoms with Crippen molar-refractivity contribution in [3.63, 3.8) is 0 Å². The van der Waals surface area contributed by atoms with Crippen molar-refractivity contribution in [2.24, 2.45) is 0 Å². The predicted molar refractivity (Wildman–Crippen MR) is 80.4 cm³/mol. The van der Waals surface area contributed by atoms with Gasteiger partial charge in [0.2, 0.25) is 0 Å². The second kappa shape index (κ2) is 4.92. The molecule has 0 aliphatic carbocycles. The van der Waals surface area contributed by atoms with Crippen molar-refractivity contribution in [1.29, 1.82) is 0 Å². The molecule has 0 fully saturated rings. The topological polar surface area (TPSA) is 80.5 Å². The standard InChI is InChI=1S/C15H9ClN2O4/c1-8-2-5-13(12(16)6-8)17-14(19)10-4-3-9(18(21)22)7-11(10)15(17)20/h2-7H,1H3. The number of rotatable bonds is 2. The highest BCUT2D eigenvalue weighted by molar-refractivity contribution is 6.39. The van der Waals surface area contributed by atoms with E-state index in [1.807, 2.05) is 6.92 Å². The normalized spacial score (nSPS) is 13.5. The molecule has 0 bridgehead atoms. The first-order chi connectivity index (χ1) is 10.4. The lowest BCUT2D eigenvalue weighted by atomic mass is 10.1. The molecule has 2 amide bonds. The summed E-state index contributed by atoms with van der Waals surface area (Å²) < 4.78 is 0. The van der Waals surface area contributed by atoms with Crippen molar-refractivity contribution in [1.82, 2.24) is 0 Å². The van der Waals surface area contributed by atoms with Crippen LogP contribution in [-0.4, -0.2) is 16.7 Å². The van der Waals surface area contributed by atoms with Crippen LogP contribution < -0.4 is 4.90 Å². The number of carbonyl (C=O) groups excluding carboxylic acids is 2. The van der Waals surface area contributed by atoms with Gasteiger partial charge < -0.3 is 0 Å². The Morgan fingerprint density at radius 2 is 1.73 bits per heavy atom. The third-order valence-corrected chi connectivity index (χ3v) is 3.73. The molecular weight excluding hydrogens is 308 g/mol. The van der Waals surface area contributed by atoms with E-state index < -0.39 is 16.7 Å². The minimum Gasteiger partial charge on any atom is -0.268 e. The molecule has 0 spiro atoms. The Labute approximate surface area is 130 Å². The number of imide groups is 1. The van der Waals surface area contributed by atoms with Gasteiger partial charge in [0.15, 0.2) is 0 Å². The van der Waals surface area contributed by atoms with Crippen molar-refractivity contribution < 1.29 is 14.5 Å². The molecule has 1 heterocycles. The van der Waals surface area contributed by atoms with Crippen LogP contribution in [0.2, 0.25) is 5.02 Å². The van der Waals surface area contributed by atoms with Gasteiger partial charge >= 0.3 is 0 Å². The average Bonchev–Trinajstić information content (AvgIpc) is 2.71. The Balaban J connectivity index is 2.12. The largest absolute Gasteiger partial charge is 0.270 e. The van der Waals surface area contributed by atoms with E-state index in [1.165, 1.54) is 12.1 Å². The third-order valence-electron chi connectivity index (χ3n) is 3.43. The van der Waals surface area contributed by atoms with Gasteiger partial charge in [-0.2, -0.15) is 0 Å². The molecule has 2 aromatic carbocycles. The first kappa shape index (κ1) is 14.2. The quantitative estimate of drug-likeness (QED) is 0.483. The van der Waals surface area contributed by atoms with Gasteiger partial charge in [0.05, 0.1) is 26.8 Å². The number of nitrogens with zero attached hydrogens (tertiary/aromatic N) is 2. The molecule has 0 N–H and O–H groups in total. The summed E-state index contributed by atoms with van der Waals surface area (Å²) in [5.41, 5.74) is 1.06. The zero-order valence-electron chi connectivity index (χ0n) is 11.4. The molecule has 0 unspecified atom stereocenters. The zero-order chi connectivity index (χ0) is 16.0. The second-order valence-electron chi connectivity index (χ2n) is 4.89. The molecule has 0 saturated carbocycles. The molecule has 2 aromatic rings. The molecule has 1 aliphatic heterocycles. The molecule has 1 aliphatic rings. The number of halogens is 1. The fourth-order valence-corrected chi connectivity index (χ4v) is 2.67. The Morgan fingerprint density at radius 1 is 1.05 bits per heavy atom. The van der Waals surface area contributed by atoms with Crippen LogP contribution >= 0.6 is 11.6 Å². The molecule has 0 atom stereocenters. The lowest BCUT2D eigenvalue weighted by Crippen LogP contribution is -2.29. The number of non-ortho nitro benzene ring substituents is 1. The number of carbonyl (C=O) groups is 2. The first-order valence-corrected chi connectivity index (χ1v) is 6.71. The number of benzene rings is 2. The van der Waals surface area contributed by atoms with E-state index in [9.17, 15) is 19.7 Å². The number of fused-ring (bicyclic) bond motifs is 1. The summed E-state index contributed by atoms with van der Waals surface area (Å²) in [6.07, 6.45) is 0. The van der Waals surface area contributed by atoms with Crippen LogP contribution in [0.15, 0.2) is 36.4 Å². The summed E-state index contributed by atoms with van der Waals surface area (Å²) in [5.74, 6) is -1.16. The van der Waals surface area contributed by atoms with E-state index in [-0.39, 0.29) is 27.5 Å². The maximum Gasteiger partial charge on any atom is 0.270 e. The number of aryl methyl sites for hydroxylation is 1. The molecule has 0 saturated heterocycles. The van der Waals surface area contributed by atoms with Crippen LogP contribution in [0.5, 0.6) is 0 Å². The van der Waals surface area contributed by atoms with Crippen LogP contribution in [0.3, 0.4) is 0 Å². The summed E-state index contributed by atoms with van der Waals surface area (Å²) in [6, 6.07) is 8.54. The highest BCUT2D eigenvalue weighted by Gasteiger charge is 2.38. The number of nitro groups is 1. The van der Waals surface area contributed by atoms with E-state index in [0.29, 0.717) is 0 Å². The zero-order valence-corrected chi connectivity index (χ0v) is 12.1. The van der Waals surface area contributed by atoms with Gasteiger partial charge in [0, 0.05) is 12.1 Å². The van der Waals surface area contributed by atoms with E-state index in [0.717, 1.165) is 16.5 Å². The number of amides is 2. The van der Waals surface area contributed by atoms with Crippen LogP contribution in [0.4, 0.5) is 11.4 Å². The minimum absolute atomic E-state index is 0.0100. The van der Waals surface area contributed by atoms with E-state index in [1.54, 1.807) is 18.2 Å². The summed E-state index contributed by atoms with van der Waals surface area (Å²) in [7, 11) is 0. The smallest absolute Gasteiger partial charge is 0.268 e. The second-order valence-corrected chi connectivity index (χ2v) is 5.29.